The SMILES string of the molecule is NC1=N[C@H]2C(CN3C(=O)CCC3=O)N=C(N)N3CC(N)C(O)(O)[C@]23N1. The fourth-order valence-corrected chi connectivity index (χ4v) is 4.13. The van der Waals surface area contributed by atoms with Crippen molar-refractivity contribution >= 4 is 23.7 Å². The first-order valence-corrected chi connectivity index (χ1v) is 7.94. The van der Waals surface area contributed by atoms with Gasteiger partial charge in [-0.1, -0.05) is 0 Å². The average molecular weight is 352 g/mol. The predicted octanol–water partition coefficient (Wildman–Crippen LogP) is -4.86. The molecular formula is C13H20N8O4. The Bertz CT molecular complexity index is 705. The third-order valence-electron chi connectivity index (χ3n) is 5.37. The van der Waals surface area contributed by atoms with E-state index in [0.29, 0.717) is 0 Å². The lowest BCUT2D eigenvalue weighted by molar-refractivity contribution is -0.227. The highest BCUT2D eigenvalue weighted by molar-refractivity contribution is 6.02. The maximum absolute atomic E-state index is 11.9. The summed E-state index contributed by atoms with van der Waals surface area (Å²) < 4.78 is 0. The molecule has 2 fully saturated rings. The molecule has 0 aliphatic carbocycles. The monoisotopic (exact) mass is 352 g/mol. The van der Waals surface area contributed by atoms with E-state index in [4.69, 9.17) is 17.2 Å². The molecule has 9 N–H and O–H groups in total. The predicted molar refractivity (Wildman–Crippen MR) is 84.5 cm³/mol. The molecule has 136 valence electrons. The van der Waals surface area contributed by atoms with Crippen LogP contribution in [0, 0.1) is 0 Å². The second-order valence-corrected chi connectivity index (χ2v) is 6.75. The summed E-state index contributed by atoms with van der Waals surface area (Å²) in [5.41, 5.74) is 16.1. The van der Waals surface area contributed by atoms with E-state index >= 15 is 0 Å². The van der Waals surface area contributed by atoms with Gasteiger partial charge in [0.25, 0.3) is 0 Å². The molecule has 4 aliphatic rings. The summed E-state index contributed by atoms with van der Waals surface area (Å²) in [5.74, 6) is -3.02. The van der Waals surface area contributed by atoms with Gasteiger partial charge in [-0.2, -0.15) is 0 Å². The molecule has 12 nitrogen and oxygen atoms in total. The molecule has 2 unspecified atom stereocenters. The summed E-state index contributed by atoms with van der Waals surface area (Å²) in [4.78, 5) is 34.9. The molecule has 25 heavy (non-hydrogen) atoms. The van der Waals surface area contributed by atoms with Gasteiger partial charge in [-0.15, -0.1) is 0 Å². The van der Waals surface area contributed by atoms with Crippen LogP contribution in [0.5, 0.6) is 0 Å². The highest BCUT2D eigenvalue weighted by atomic mass is 16.5. The summed E-state index contributed by atoms with van der Waals surface area (Å²) in [7, 11) is 0. The molecule has 0 radical (unpaired) electrons. The Morgan fingerprint density at radius 3 is 2.48 bits per heavy atom. The fraction of sp³-hybridized carbons (Fsp3) is 0.692. The molecule has 4 heterocycles. The van der Waals surface area contributed by atoms with Gasteiger partial charge < -0.3 is 37.6 Å². The van der Waals surface area contributed by atoms with Crippen LogP contribution < -0.4 is 22.5 Å². The lowest BCUT2D eigenvalue weighted by Gasteiger charge is -2.49. The molecule has 1 spiro atoms. The van der Waals surface area contributed by atoms with Gasteiger partial charge in [-0.05, 0) is 0 Å². The molecular weight excluding hydrogens is 332 g/mol. The minimum atomic E-state index is -2.40. The van der Waals surface area contributed by atoms with Crippen molar-refractivity contribution in [2.45, 2.75) is 42.4 Å². The Morgan fingerprint density at radius 1 is 1.20 bits per heavy atom. The van der Waals surface area contributed by atoms with Crippen LogP contribution in [0.4, 0.5) is 0 Å². The smallest absolute Gasteiger partial charge is 0.229 e. The average Bonchev–Trinajstić information content (AvgIpc) is 3.11. The van der Waals surface area contributed by atoms with Gasteiger partial charge in [0.1, 0.15) is 6.04 Å². The number of aliphatic imine (C=N–C) groups is 2. The van der Waals surface area contributed by atoms with Crippen LogP contribution in [-0.4, -0.2) is 86.4 Å². The first-order valence-electron chi connectivity index (χ1n) is 7.94. The molecule has 0 saturated carbocycles. The van der Waals surface area contributed by atoms with Crippen molar-refractivity contribution in [3.05, 3.63) is 0 Å². The van der Waals surface area contributed by atoms with Crippen LogP contribution in [0.25, 0.3) is 0 Å². The third-order valence-corrected chi connectivity index (χ3v) is 5.37. The molecule has 4 atom stereocenters. The number of guanidine groups is 2. The zero-order chi connectivity index (χ0) is 18.1. The molecule has 4 aliphatic heterocycles. The van der Waals surface area contributed by atoms with E-state index in [9.17, 15) is 19.8 Å². The Labute approximate surface area is 142 Å². The quantitative estimate of drug-likeness (QED) is 0.208. The molecule has 0 aromatic carbocycles. The van der Waals surface area contributed by atoms with Crippen LogP contribution in [0.15, 0.2) is 9.98 Å². The molecule has 0 bridgehead atoms. The first kappa shape index (κ1) is 16.1. The largest absolute Gasteiger partial charge is 0.370 e. The van der Waals surface area contributed by atoms with Crippen LogP contribution in [0.1, 0.15) is 12.8 Å². The Kier molecular flexibility index (Phi) is 3.08. The van der Waals surface area contributed by atoms with Crippen molar-refractivity contribution in [2.24, 2.45) is 27.2 Å². The van der Waals surface area contributed by atoms with E-state index in [2.05, 4.69) is 15.3 Å². The number of aliphatic hydroxyl groups is 2. The van der Waals surface area contributed by atoms with Crippen LogP contribution >= 0.6 is 0 Å². The fourth-order valence-electron chi connectivity index (χ4n) is 4.13. The minimum absolute atomic E-state index is 0.0122. The second kappa shape index (κ2) is 4.80. The number of nitrogens with two attached hydrogens (primary N) is 3. The lowest BCUT2D eigenvalue weighted by atomic mass is 9.85. The molecule has 0 aromatic rings. The minimum Gasteiger partial charge on any atom is -0.370 e. The topological polar surface area (TPSA) is 196 Å². The van der Waals surface area contributed by atoms with E-state index in [0.717, 1.165) is 4.90 Å². The van der Waals surface area contributed by atoms with E-state index in [-0.39, 0.29) is 49.7 Å². The summed E-state index contributed by atoms with van der Waals surface area (Å²) in [6.07, 6.45) is 0.288. The highest BCUT2D eigenvalue weighted by Crippen LogP contribution is 2.44. The van der Waals surface area contributed by atoms with Crippen LogP contribution in [0.2, 0.25) is 0 Å². The molecule has 4 rings (SSSR count). The number of nitrogens with one attached hydrogen (secondary N) is 1. The van der Waals surface area contributed by atoms with Crippen molar-refractivity contribution in [3.63, 3.8) is 0 Å². The van der Waals surface area contributed by atoms with E-state index in [1.165, 1.54) is 4.90 Å². The Balaban J connectivity index is 1.75. The van der Waals surface area contributed by atoms with Gasteiger partial charge in [0.05, 0.1) is 18.6 Å². The van der Waals surface area contributed by atoms with E-state index in [1.807, 2.05) is 0 Å². The summed E-state index contributed by atoms with van der Waals surface area (Å²) in [6.45, 7) is -0.0364. The summed E-state index contributed by atoms with van der Waals surface area (Å²) in [6, 6.07) is -2.71. The summed E-state index contributed by atoms with van der Waals surface area (Å²) in [5, 5.41) is 24.1. The van der Waals surface area contributed by atoms with Crippen molar-refractivity contribution in [3.8, 4) is 0 Å². The maximum Gasteiger partial charge on any atom is 0.229 e. The Hall–Kier alpha value is -2.44. The van der Waals surface area contributed by atoms with Gasteiger partial charge in [0.15, 0.2) is 17.6 Å². The van der Waals surface area contributed by atoms with Gasteiger partial charge >= 0.3 is 0 Å². The van der Waals surface area contributed by atoms with Crippen molar-refractivity contribution in [1.82, 2.24) is 15.1 Å². The summed E-state index contributed by atoms with van der Waals surface area (Å²) >= 11 is 0. The second-order valence-electron chi connectivity index (χ2n) is 6.75. The van der Waals surface area contributed by atoms with E-state index in [1.54, 1.807) is 0 Å². The van der Waals surface area contributed by atoms with Crippen LogP contribution in [-0.2, 0) is 9.59 Å². The number of hydrogen-bond acceptors (Lipinski definition) is 11. The van der Waals surface area contributed by atoms with Crippen molar-refractivity contribution in [2.75, 3.05) is 13.1 Å². The number of carbonyl (C=O) groups excluding carboxylic acids is 2. The van der Waals surface area contributed by atoms with Gasteiger partial charge in [-0.25, -0.2) is 9.98 Å². The zero-order valence-electron chi connectivity index (χ0n) is 13.3. The normalized spacial score (nSPS) is 39.1. The molecule has 2 amide bonds. The number of likely N-dealkylation sites (tertiary alicyclic amines) is 1. The molecule has 2 saturated heterocycles. The van der Waals surface area contributed by atoms with Crippen molar-refractivity contribution < 1.29 is 19.8 Å². The number of nitrogens with zero attached hydrogens (tertiary/aromatic N) is 4. The van der Waals surface area contributed by atoms with Crippen LogP contribution in [0.3, 0.4) is 0 Å². The maximum atomic E-state index is 11.9. The standard InChI is InChI=1S/C13H20N8O4/c14-6-4-21-11(16)17-5(3-20-7(22)1-2-8(20)23)9-12(21,13(6,24)25)19-10(15)18-9/h5-6,9,24-25H,1-4,14H2,(H2,16,17)(H3,15,18,19)/t5?,6?,9-,12-/m0/s1. The van der Waals surface area contributed by atoms with Gasteiger partial charge in [-0.3, -0.25) is 14.5 Å². The molecule has 12 heteroatoms. The lowest BCUT2D eigenvalue weighted by Crippen LogP contribution is -2.78. The number of carbonyl (C=O) groups is 2. The first-order chi connectivity index (χ1) is 11.7. The van der Waals surface area contributed by atoms with E-state index < -0.39 is 29.6 Å². The third kappa shape index (κ3) is 1.86. The highest BCUT2D eigenvalue weighted by Gasteiger charge is 2.72. The number of hydrogen-bond donors (Lipinski definition) is 6. The van der Waals surface area contributed by atoms with Gasteiger partial charge in [0, 0.05) is 19.4 Å². The number of rotatable bonds is 2. The molecule has 0 aromatic heterocycles. The van der Waals surface area contributed by atoms with Gasteiger partial charge in [0.2, 0.25) is 17.6 Å². The number of imide groups is 1. The Morgan fingerprint density at radius 2 is 1.84 bits per heavy atom. The van der Waals surface area contributed by atoms with Crippen molar-refractivity contribution in [1.29, 1.82) is 0 Å². The zero-order valence-corrected chi connectivity index (χ0v) is 13.3. The number of amides is 2.